The fourth-order valence-corrected chi connectivity index (χ4v) is 1.38. The van der Waals surface area contributed by atoms with Gasteiger partial charge in [0.05, 0.1) is 18.1 Å². The molecule has 5 heteroatoms. The summed E-state index contributed by atoms with van der Waals surface area (Å²) in [5, 5.41) is 29.9. The van der Waals surface area contributed by atoms with Crippen LogP contribution < -0.4 is 5.32 Å². The van der Waals surface area contributed by atoms with Crippen LogP contribution in [0.5, 0.6) is 11.5 Å². The normalized spacial score (nSPS) is 11.5. The molecule has 1 atom stereocenters. The summed E-state index contributed by atoms with van der Waals surface area (Å²) >= 11 is 0. The van der Waals surface area contributed by atoms with Crippen LogP contribution in [0.4, 0.5) is 0 Å². The van der Waals surface area contributed by atoms with Crippen molar-refractivity contribution in [1.82, 2.24) is 5.32 Å². The molecule has 0 fully saturated rings. The maximum absolute atomic E-state index is 11.8. The molecule has 0 radical (unpaired) electrons. The minimum absolute atomic E-state index is 0.00129. The number of rotatable bonds is 4. The molecule has 17 heavy (non-hydrogen) atoms. The quantitative estimate of drug-likeness (QED) is 0.688. The molecule has 3 N–H and O–H groups in total. The van der Waals surface area contributed by atoms with Gasteiger partial charge >= 0.3 is 0 Å². The van der Waals surface area contributed by atoms with Crippen LogP contribution in [0.25, 0.3) is 0 Å². The second-order valence-corrected chi connectivity index (χ2v) is 3.64. The molecule has 1 unspecified atom stereocenters. The highest BCUT2D eigenvalue weighted by molar-refractivity contribution is 5.97. The van der Waals surface area contributed by atoms with Gasteiger partial charge in [-0.1, -0.05) is 6.92 Å². The second-order valence-electron chi connectivity index (χ2n) is 3.64. The zero-order chi connectivity index (χ0) is 12.8. The summed E-state index contributed by atoms with van der Waals surface area (Å²) in [6.45, 7) is 1.85. The van der Waals surface area contributed by atoms with Crippen molar-refractivity contribution >= 4 is 5.91 Å². The molecule has 0 saturated heterocycles. The van der Waals surface area contributed by atoms with E-state index >= 15 is 0 Å². The minimum atomic E-state index is -0.500. The summed E-state index contributed by atoms with van der Waals surface area (Å²) in [5.74, 6) is -0.797. The van der Waals surface area contributed by atoms with Crippen LogP contribution in [0.1, 0.15) is 30.1 Å². The van der Waals surface area contributed by atoms with E-state index in [1.807, 2.05) is 13.0 Å². The lowest BCUT2D eigenvalue weighted by molar-refractivity contribution is 0.0933. The van der Waals surface area contributed by atoms with Crippen molar-refractivity contribution in [1.29, 1.82) is 5.26 Å². The van der Waals surface area contributed by atoms with E-state index < -0.39 is 5.91 Å². The molecule has 1 aromatic rings. The SMILES string of the molecule is CCC(CC#N)NC(=O)c1cc(O)ccc1O. The van der Waals surface area contributed by atoms with E-state index in [1.54, 1.807) is 0 Å². The van der Waals surface area contributed by atoms with E-state index in [9.17, 15) is 15.0 Å². The Morgan fingerprint density at radius 1 is 1.53 bits per heavy atom. The van der Waals surface area contributed by atoms with Gasteiger partial charge in [-0.3, -0.25) is 4.79 Å². The highest BCUT2D eigenvalue weighted by Crippen LogP contribution is 2.22. The first kappa shape index (κ1) is 12.8. The molecular weight excluding hydrogens is 220 g/mol. The number of carbonyl (C=O) groups is 1. The molecule has 90 valence electrons. The van der Waals surface area contributed by atoms with Crippen LogP contribution in [0.3, 0.4) is 0 Å². The van der Waals surface area contributed by atoms with Gasteiger partial charge in [-0.25, -0.2) is 0 Å². The van der Waals surface area contributed by atoms with Crippen molar-refractivity contribution in [2.45, 2.75) is 25.8 Å². The highest BCUT2D eigenvalue weighted by atomic mass is 16.3. The highest BCUT2D eigenvalue weighted by Gasteiger charge is 2.15. The summed E-state index contributed by atoms with van der Waals surface area (Å²) in [5.41, 5.74) is 0.00129. The molecule has 1 aromatic carbocycles. The third-order valence-electron chi connectivity index (χ3n) is 2.39. The largest absolute Gasteiger partial charge is 0.508 e. The molecule has 5 nitrogen and oxygen atoms in total. The van der Waals surface area contributed by atoms with Crippen molar-refractivity contribution in [3.8, 4) is 17.6 Å². The van der Waals surface area contributed by atoms with E-state index in [4.69, 9.17) is 5.26 Å². The molecule has 0 heterocycles. The fourth-order valence-electron chi connectivity index (χ4n) is 1.38. The average molecular weight is 234 g/mol. The van der Waals surface area contributed by atoms with Gasteiger partial charge in [-0.2, -0.15) is 5.26 Å². The first-order valence-corrected chi connectivity index (χ1v) is 5.28. The molecular formula is C12H14N2O3. The molecule has 1 amide bonds. The predicted octanol–water partition coefficient (Wildman–Crippen LogP) is 1.52. The number of phenols is 2. The summed E-state index contributed by atoms with van der Waals surface area (Å²) < 4.78 is 0. The van der Waals surface area contributed by atoms with E-state index in [0.29, 0.717) is 6.42 Å². The lowest BCUT2D eigenvalue weighted by Crippen LogP contribution is -2.34. The number of benzene rings is 1. The Bertz CT molecular complexity index is 452. The van der Waals surface area contributed by atoms with Crippen LogP contribution in [0, 0.1) is 11.3 Å². The molecule has 0 saturated carbocycles. The lowest BCUT2D eigenvalue weighted by atomic mass is 10.1. The van der Waals surface area contributed by atoms with Gasteiger partial charge in [0.2, 0.25) is 0 Å². The predicted molar refractivity (Wildman–Crippen MR) is 61.5 cm³/mol. The Morgan fingerprint density at radius 2 is 2.24 bits per heavy atom. The molecule has 0 bridgehead atoms. The summed E-state index contributed by atoms with van der Waals surface area (Å²) in [7, 11) is 0. The van der Waals surface area contributed by atoms with Gasteiger partial charge in [-0.15, -0.1) is 0 Å². The van der Waals surface area contributed by atoms with E-state index in [0.717, 1.165) is 0 Å². The first-order chi connectivity index (χ1) is 8.08. The molecule has 0 aliphatic carbocycles. The zero-order valence-corrected chi connectivity index (χ0v) is 9.47. The van der Waals surface area contributed by atoms with Crippen LogP contribution in [-0.4, -0.2) is 22.2 Å². The van der Waals surface area contributed by atoms with Gasteiger partial charge < -0.3 is 15.5 Å². The number of carbonyl (C=O) groups excluding carboxylic acids is 1. The number of hydrogen-bond acceptors (Lipinski definition) is 4. The number of aromatic hydroxyl groups is 2. The maximum Gasteiger partial charge on any atom is 0.255 e. The third-order valence-corrected chi connectivity index (χ3v) is 2.39. The summed E-state index contributed by atoms with van der Waals surface area (Å²) in [4.78, 5) is 11.8. The summed E-state index contributed by atoms with van der Waals surface area (Å²) in [6, 6.07) is 5.44. The Balaban J connectivity index is 2.82. The smallest absolute Gasteiger partial charge is 0.255 e. The topological polar surface area (TPSA) is 93.4 Å². The van der Waals surface area contributed by atoms with Crippen molar-refractivity contribution < 1.29 is 15.0 Å². The Kier molecular flexibility index (Phi) is 4.35. The third kappa shape index (κ3) is 3.38. The molecule has 1 rings (SSSR count). The van der Waals surface area contributed by atoms with Crippen molar-refractivity contribution in [3.05, 3.63) is 23.8 Å². The Labute approximate surface area is 99.3 Å². The number of phenolic OH excluding ortho intramolecular Hbond substituents is 2. The second kappa shape index (κ2) is 5.75. The monoisotopic (exact) mass is 234 g/mol. The van der Waals surface area contributed by atoms with E-state index in [1.165, 1.54) is 18.2 Å². The number of hydrogen-bond donors (Lipinski definition) is 3. The number of nitrogens with one attached hydrogen (secondary N) is 1. The molecule has 0 aromatic heterocycles. The minimum Gasteiger partial charge on any atom is -0.508 e. The Hall–Kier alpha value is -2.22. The van der Waals surface area contributed by atoms with Crippen LogP contribution in [-0.2, 0) is 0 Å². The van der Waals surface area contributed by atoms with Gasteiger partial charge in [0.25, 0.3) is 5.91 Å². The van der Waals surface area contributed by atoms with Gasteiger partial charge in [0.15, 0.2) is 0 Å². The number of nitriles is 1. The van der Waals surface area contributed by atoms with Crippen molar-refractivity contribution in [3.63, 3.8) is 0 Å². The van der Waals surface area contributed by atoms with Crippen molar-refractivity contribution in [2.75, 3.05) is 0 Å². The van der Waals surface area contributed by atoms with Crippen LogP contribution in [0.15, 0.2) is 18.2 Å². The average Bonchev–Trinajstić information content (AvgIpc) is 2.31. The maximum atomic E-state index is 11.8. The van der Waals surface area contributed by atoms with Gasteiger partial charge in [0.1, 0.15) is 11.5 Å². The summed E-state index contributed by atoms with van der Waals surface area (Å²) in [6.07, 6.45) is 0.834. The van der Waals surface area contributed by atoms with E-state index in [2.05, 4.69) is 5.32 Å². The first-order valence-electron chi connectivity index (χ1n) is 5.28. The van der Waals surface area contributed by atoms with Crippen molar-refractivity contribution in [2.24, 2.45) is 0 Å². The number of nitrogens with zero attached hydrogens (tertiary/aromatic N) is 1. The van der Waals surface area contributed by atoms with Crippen LogP contribution in [0.2, 0.25) is 0 Å². The molecule has 0 aliphatic rings. The molecule has 0 spiro atoms. The Morgan fingerprint density at radius 3 is 2.82 bits per heavy atom. The number of amides is 1. The standard InChI is InChI=1S/C12H14N2O3/c1-2-8(5-6-13)14-12(17)10-7-9(15)3-4-11(10)16/h3-4,7-8,15-16H,2,5H2,1H3,(H,14,17). The van der Waals surface area contributed by atoms with Gasteiger partial charge in [-0.05, 0) is 24.6 Å². The lowest BCUT2D eigenvalue weighted by Gasteiger charge is -2.14. The van der Waals surface area contributed by atoms with E-state index in [-0.39, 0.29) is 29.5 Å². The van der Waals surface area contributed by atoms with Crippen LogP contribution >= 0.6 is 0 Å². The molecule has 0 aliphatic heterocycles. The zero-order valence-electron chi connectivity index (χ0n) is 9.47. The fraction of sp³-hybridized carbons (Fsp3) is 0.333. The van der Waals surface area contributed by atoms with Gasteiger partial charge in [0, 0.05) is 6.04 Å².